The standard InChI is InChI=1S/C15H11IN2O/c1-9-3-2-4-12-13(9)18-15(19)14(12)17-11-7-5-10(16)6-8-11/h2-8H,1H3,(H,17,18,19). The number of para-hydroxylation sites is 1. The maximum absolute atomic E-state index is 12.0. The summed E-state index contributed by atoms with van der Waals surface area (Å²) in [6.07, 6.45) is 0. The number of carbonyl (C=O) groups excluding carboxylic acids is 1. The first-order valence-corrected chi connectivity index (χ1v) is 6.98. The maximum Gasteiger partial charge on any atom is 0.275 e. The van der Waals surface area contributed by atoms with Crippen molar-refractivity contribution in [3.8, 4) is 0 Å². The van der Waals surface area contributed by atoms with E-state index >= 15 is 0 Å². The van der Waals surface area contributed by atoms with Gasteiger partial charge in [0, 0.05) is 9.13 Å². The number of aryl methyl sites for hydroxylation is 1. The first-order chi connectivity index (χ1) is 9.15. The topological polar surface area (TPSA) is 41.5 Å². The summed E-state index contributed by atoms with van der Waals surface area (Å²) < 4.78 is 1.15. The van der Waals surface area contributed by atoms with Crippen LogP contribution in [0.5, 0.6) is 0 Å². The van der Waals surface area contributed by atoms with Crippen molar-refractivity contribution in [1.29, 1.82) is 0 Å². The SMILES string of the molecule is Cc1cccc2c1NC(=O)C2=Nc1ccc(I)cc1. The molecule has 0 atom stereocenters. The number of halogens is 1. The minimum absolute atomic E-state index is 0.136. The number of rotatable bonds is 1. The van der Waals surface area contributed by atoms with Crippen LogP contribution in [0.4, 0.5) is 11.4 Å². The summed E-state index contributed by atoms with van der Waals surface area (Å²) >= 11 is 2.24. The molecule has 94 valence electrons. The highest BCUT2D eigenvalue weighted by molar-refractivity contribution is 14.1. The molecule has 1 heterocycles. The molecule has 1 N–H and O–H groups in total. The van der Waals surface area contributed by atoms with Crippen molar-refractivity contribution in [2.24, 2.45) is 4.99 Å². The molecule has 0 radical (unpaired) electrons. The fourth-order valence-corrected chi connectivity index (χ4v) is 2.44. The minimum atomic E-state index is -0.136. The number of hydrogen-bond acceptors (Lipinski definition) is 2. The molecule has 0 aliphatic carbocycles. The Morgan fingerprint density at radius 2 is 1.84 bits per heavy atom. The van der Waals surface area contributed by atoms with E-state index in [-0.39, 0.29) is 5.91 Å². The molecular weight excluding hydrogens is 351 g/mol. The molecule has 0 fully saturated rings. The van der Waals surface area contributed by atoms with Crippen LogP contribution in [0.25, 0.3) is 0 Å². The average molecular weight is 362 g/mol. The van der Waals surface area contributed by atoms with E-state index in [1.807, 2.05) is 49.4 Å². The van der Waals surface area contributed by atoms with Gasteiger partial charge in [0.2, 0.25) is 0 Å². The molecule has 2 aromatic rings. The van der Waals surface area contributed by atoms with Crippen molar-refractivity contribution in [2.75, 3.05) is 5.32 Å². The van der Waals surface area contributed by atoms with E-state index in [4.69, 9.17) is 0 Å². The Labute approximate surface area is 124 Å². The van der Waals surface area contributed by atoms with E-state index in [0.717, 1.165) is 26.1 Å². The Bertz CT molecular complexity index is 690. The second kappa shape index (κ2) is 4.77. The van der Waals surface area contributed by atoms with Gasteiger partial charge in [-0.3, -0.25) is 4.79 Å². The van der Waals surface area contributed by atoms with E-state index in [0.29, 0.717) is 5.71 Å². The van der Waals surface area contributed by atoms with E-state index < -0.39 is 0 Å². The van der Waals surface area contributed by atoms with Crippen molar-refractivity contribution in [3.05, 3.63) is 57.2 Å². The molecule has 0 saturated heterocycles. The zero-order valence-electron chi connectivity index (χ0n) is 10.3. The molecule has 1 amide bonds. The van der Waals surface area contributed by atoms with Crippen molar-refractivity contribution < 1.29 is 4.79 Å². The van der Waals surface area contributed by atoms with Gasteiger partial charge in [0.15, 0.2) is 0 Å². The van der Waals surface area contributed by atoms with Crippen molar-refractivity contribution >= 4 is 45.6 Å². The Morgan fingerprint density at radius 1 is 1.11 bits per heavy atom. The molecule has 0 unspecified atom stereocenters. The quantitative estimate of drug-likeness (QED) is 0.773. The van der Waals surface area contributed by atoms with Crippen LogP contribution in [0.1, 0.15) is 11.1 Å². The highest BCUT2D eigenvalue weighted by Crippen LogP contribution is 2.28. The fourth-order valence-electron chi connectivity index (χ4n) is 2.08. The van der Waals surface area contributed by atoms with Gasteiger partial charge in [-0.2, -0.15) is 0 Å². The fraction of sp³-hybridized carbons (Fsp3) is 0.0667. The smallest absolute Gasteiger partial charge is 0.275 e. The van der Waals surface area contributed by atoms with E-state index in [1.54, 1.807) is 0 Å². The summed E-state index contributed by atoms with van der Waals surface area (Å²) in [5.74, 6) is -0.136. The van der Waals surface area contributed by atoms with Gasteiger partial charge in [-0.15, -0.1) is 0 Å². The van der Waals surface area contributed by atoms with Gasteiger partial charge in [0.1, 0.15) is 5.71 Å². The number of amides is 1. The van der Waals surface area contributed by atoms with Gasteiger partial charge in [0.25, 0.3) is 5.91 Å². The van der Waals surface area contributed by atoms with Crippen LogP contribution in [0.3, 0.4) is 0 Å². The Kier molecular flexibility index (Phi) is 3.10. The lowest BCUT2D eigenvalue weighted by molar-refractivity contribution is -0.110. The van der Waals surface area contributed by atoms with Crippen LogP contribution in [0.15, 0.2) is 47.5 Å². The number of hydrogen-bond donors (Lipinski definition) is 1. The van der Waals surface area contributed by atoms with Crippen molar-refractivity contribution in [3.63, 3.8) is 0 Å². The second-order valence-corrected chi connectivity index (χ2v) is 5.63. The number of carbonyl (C=O) groups is 1. The molecule has 1 aliphatic rings. The van der Waals surface area contributed by atoms with Crippen LogP contribution in [-0.4, -0.2) is 11.6 Å². The van der Waals surface area contributed by atoms with Gasteiger partial charge >= 0.3 is 0 Å². The monoisotopic (exact) mass is 362 g/mol. The molecule has 3 rings (SSSR count). The molecule has 3 nitrogen and oxygen atoms in total. The normalized spacial score (nSPS) is 15.5. The van der Waals surface area contributed by atoms with Gasteiger partial charge in [-0.1, -0.05) is 18.2 Å². The predicted molar refractivity (Wildman–Crippen MR) is 85.2 cm³/mol. The third-order valence-corrected chi connectivity index (χ3v) is 3.77. The molecular formula is C15H11IN2O. The third kappa shape index (κ3) is 2.28. The van der Waals surface area contributed by atoms with E-state index in [1.165, 1.54) is 0 Å². The molecule has 0 bridgehead atoms. The van der Waals surface area contributed by atoms with Crippen molar-refractivity contribution in [1.82, 2.24) is 0 Å². The van der Waals surface area contributed by atoms with Crippen LogP contribution in [-0.2, 0) is 4.79 Å². The number of fused-ring (bicyclic) bond motifs is 1. The lowest BCUT2D eigenvalue weighted by Crippen LogP contribution is -2.13. The number of benzene rings is 2. The van der Waals surface area contributed by atoms with Crippen LogP contribution >= 0.6 is 22.6 Å². The number of aliphatic imine (C=N–C) groups is 1. The maximum atomic E-state index is 12.0. The molecule has 0 spiro atoms. The highest BCUT2D eigenvalue weighted by atomic mass is 127. The third-order valence-electron chi connectivity index (χ3n) is 3.05. The number of nitrogens with one attached hydrogen (secondary N) is 1. The second-order valence-electron chi connectivity index (χ2n) is 4.39. The molecule has 1 aliphatic heterocycles. The Hall–Kier alpha value is -1.69. The summed E-state index contributed by atoms with van der Waals surface area (Å²) in [4.78, 5) is 16.5. The van der Waals surface area contributed by atoms with Gasteiger partial charge in [-0.25, -0.2) is 4.99 Å². The molecule has 0 aromatic heterocycles. The summed E-state index contributed by atoms with van der Waals surface area (Å²) in [7, 11) is 0. The van der Waals surface area contributed by atoms with Crippen LogP contribution in [0, 0.1) is 10.5 Å². The lowest BCUT2D eigenvalue weighted by Gasteiger charge is -2.01. The first-order valence-electron chi connectivity index (χ1n) is 5.91. The molecule has 4 heteroatoms. The predicted octanol–water partition coefficient (Wildman–Crippen LogP) is 3.67. The van der Waals surface area contributed by atoms with Gasteiger partial charge in [-0.05, 0) is 59.3 Å². The van der Waals surface area contributed by atoms with Crippen LogP contribution in [0.2, 0.25) is 0 Å². The van der Waals surface area contributed by atoms with E-state index in [9.17, 15) is 4.79 Å². The Balaban J connectivity index is 2.09. The summed E-state index contributed by atoms with van der Waals surface area (Å²) in [5, 5.41) is 2.88. The van der Waals surface area contributed by atoms with Crippen LogP contribution < -0.4 is 5.32 Å². The zero-order chi connectivity index (χ0) is 13.4. The largest absolute Gasteiger partial charge is 0.320 e. The molecule has 0 saturated carbocycles. The van der Waals surface area contributed by atoms with Crippen molar-refractivity contribution in [2.45, 2.75) is 6.92 Å². The minimum Gasteiger partial charge on any atom is -0.320 e. The Morgan fingerprint density at radius 3 is 2.58 bits per heavy atom. The van der Waals surface area contributed by atoms with E-state index in [2.05, 4.69) is 32.9 Å². The average Bonchev–Trinajstić information content (AvgIpc) is 2.71. The zero-order valence-corrected chi connectivity index (χ0v) is 12.4. The summed E-state index contributed by atoms with van der Waals surface area (Å²) in [5.41, 5.74) is 4.08. The van der Waals surface area contributed by atoms with Gasteiger partial charge < -0.3 is 5.32 Å². The lowest BCUT2D eigenvalue weighted by atomic mass is 10.1. The first kappa shape index (κ1) is 12.3. The molecule has 2 aromatic carbocycles. The van der Waals surface area contributed by atoms with Gasteiger partial charge in [0.05, 0.1) is 11.4 Å². The number of anilines is 1. The number of nitrogens with zero attached hydrogens (tertiary/aromatic N) is 1. The summed E-state index contributed by atoms with van der Waals surface area (Å²) in [6.45, 7) is 1.98. The highest BCUT2D eigenvalue weighted by Gasteiger charge is 2.26. The molecule has 19 heavy (non-hydrogen) atoms. The summed E-state index contributed by atoms with van der Waals surface area (Å²) in [6, 6.07) is 13.6.